The van der Waals surface area contributed by atoms with E-state index < -0.39 is 29.8 Å². The summed E-state index contributed by atoms with van der Waals surface area (Å²) < 4.78 is 28.9. The van der Waals surface area contributed by atoms with Crippen LogP contribution in [0.5, 0.6) is 5.75 Å². The van der Waals surface area contributed by atoms with E-state index in [0.29, 0.717) is 61.8 Å². The zero-order valence-electron chi connectivity index (χ0n) is 32.3. The minimum absolute atomic E-state index is 0.00399. The van der Waals surface area contributed by atoms with Crippen molar-refractivity contribution in [2.24, 2.45) is 11.8 Å². The van der Waals surface area contributed by atoms with Crippen LogP contribution in [0.3, 0.4) is 0 Å². The van der Waals surface area contributed by atoms with Gasteiger partial charge in [0.1, 0.15) is 36.0 Å². The maximum atomic E-state index is 13.9. The van der Waals surface area contributed by atoms with Crippen molar-refractivity contribution in [3.8, 4) is 17.6 Å². The molecule has 53 heavy (non-hydrogen) atoms. The SMILES string of the molecule is CC(C)(C)OC(=O)C[C@H](CC(=O)[C@@H]1CCCN(C(=O)CCC2CCN(C(=O)OC(C)(C)C)CC2)C1)c1cncc(C#Cc2ccc(OCCF)cc2)c1. The fraction of sp³-hybridized carbons (Fsp3) is 0.595. The Labute approximate surface area is 314 Å². The number of ether oxygens (including phenoxy) is 3. The summed E-state index contributed by atoms with van der Waals surface area (Å²) in [5.41, 5.74) is 0.876. The Balaban J connectivity index is 1.36. The van der Waals surface area contributed by atoms with Gasteiger partial charge in [-0.1, -0.05) is 11.8 Å². The number of pyridine rings is 1. The molecule has 2 saturated heterocycles. The van der Waals surface area contributed by atoms with Gasteiger partial charge in [-0.25, -0.2) is 9.18 Å². The molecule has 1 aromatic carbocycles. The molecule has 288 valence electrons. The van der Waals surface area contributed by atoms with E-state index in [1.807, 2.05) is 52.5 Å². The van der Waals surface area contributed by atoms with Crippen LogP contribution < -0.4 is 4.74 Å². The molecule has 2 aliphatic heterocycles. The van der Waals surface area contributed by atoms with E-state index in [2.05, 4.69) is 16.8 Å². The first-order chi connectivity index (χ1) is 25.1. The maximum absolute atomic E-state index is 13.9. The third kappa shape index (κ3) is 14.1. The first-order valence-corrected chi connectivity index (χ1v) is 18.8. The van der Waals surface area contributed by atoms with E-state index in [1.165, 1.54) is 0 Å². The van der Waals surface area contributed by atoms with E-state index in [-0.39, 0.29) is 43.2 Å². The second-order valence-corrected chi connectivity index (χ2v) is 16.1. The number of alkyl halides is 1. The number of hydrogen-bond acceptors (Lipinski definition) is 8. The van der Waals surface area contributed by atoms with Gasteiger partial charge in [0, 0.05) is 74.4 Å². The molecule has 10 nitrogen and oxygen atoms in total. The fourth-order valence-electron chi connectivity index (χ4n) is 6.67. The number of halogens is 1. The second-order valence-electron chi connectivity index (χ2n) is 16.1. The Morgan fingerprint density at radius 3 is 2.21 bits per heavy atom. The second kappa shape index (κ2) is 19.0. The van der Waals surface area contributed by atoms with Gasteiger partial charge < -0.3 is 24.0 Å². The van der Waals surface area contributed by atoms with Gasteiger partial charge in [0.05, 0.1) is 6.42 Å². The Kier molecular flexibility index (Phi) is 14.8. The third-order valence-electron chi connectivity index (χ3n) is 9.32. The number of benzene rings is 1. The molecule has 2 aliphatic rings. The van der Waals surface area contributed by atoms with Crippen molar-refractivity contribution < 1.29 is 37.8 Å². The zero-order chi connectivity index (χ0) is 38.6. The molecule has 0 unspecified atom stereocenters. The molecule has 2 atom stereocenters. The summed E-state index contributed by atoms with van der Waals surface area (Å²) in [4.78, 5) is 60.7. The molecule has 4 rings (SSSR count). The van der Waals surface area contributed by atoms with Crippen molar-refractivity contribution in [3.05, 3.63) is 59.4 Å². The lowest BCUT2D eigenvalue weighted by Crippen LogP contribution is -2.43. The summed E-state index contributed by atoms with van der Waals surface area (Å²) >= 11 is 0. The maximum Gasteiger partial charge on any atom is 0.410 e. The van der Waals surface area contributed by atoms with Gasteiger partial charge in [0.15, 0.2) is 0 Å². The van der Waals surface area contributed by atoms with Gasteiger partial charge in [0.25, 0.3) is 0 Å². The molecule has 2 fully saturated rings. The van der Waals surface area contributed by atoms with Crippen molar-refractivity contribution in [2.45, 2.75) is 110 Å². The van der Waals surface area contributed by atoms with Crippen molar-refractivity contribution in [3.63, 3.8) is 0 Å². The molecule has 0 radical (unpaired) electrons. The molecule has 0 spiro atoms. The van der Waals surface area contributed by atoms with Crippen molar-refractivity contribution in [2.75, 3.05) is 39.5 Å². The predicted molar refractivity (Wildman–Crippen MR) is 200 cm³/mol. The van der Waals surface area contributed by atoms with Gasteiger partial charge in [-0.15, -0.1) is 0 Å². The van der Waals surface area contributed by atoms with E-state index in [4.69, 9.17) is 14.2 Å². The number of hydrogen-bond donors (Lipinski definition) is 0. The number of amides is 2. The average molecular weight is 734 g/mol. The van der Waals surface area contributed by atoms with Gasteiger partial charge in [-0.05, 0) is 115 Å². The molecule has 1 aromatic heterocycles. The topological polar surface area (TPSA) is 115 Å². The lowest BCUT2D eigenvalue weighted by atomic mass is 9.84. The molecule has 0 aliphatic carbocycles. The number of esters is 1. The average Bonchev–Trinajstić information content (AvgIpc) is 3.11. The van der Waals surface area contributed by atoms with Crippen LogP contribution in [0.25, 0.3) is 0 Å². The monoisotopic (exact) mass is 733 g/mol. The highest BCUT2D eigenvalue weighted by atomic mass is 19.1. The van der Waals surface area contributed by atoms with Crippen LogP contribution in [0.4, 0.5) is 9.18 Å². The molecule has 2 aromatic rings. The Bertz CT molecular complexity index is 1610. The number of Topliss-reactive ketones (excluding diaryl/α,β-unsaturated/α-hetero) is 1. The summed E-state index contributed by atoms with van der Waals surface area (Å²) in [6, 6.07) is 8.90. The van der Waals surface area contributed by atoms with E-state index in [0.717, 1.165) is 31.2 Å². The predicted octanol–water partition coefficient (Wildman–Crippen LogP) is 7.27. The summed E-state index contributed by atoms with van der Waals surface area (Å²) in [6.45, 7) is 12.7. The lowest BCUT2D eigenvalue weighted by molar-refractivity contribution is -0.155. The van der Waals surface area contributed by atoms with Gasteiger partial charge >= 0.3 is 12.1 Å². The highest BCUT2D eigenvalue weighted by molar-refractivity contribution is 5.84. The van der Waals surface area contributed by atoms with Gasteiger partial charge in [0.2, 0.25) is 5.91 Å². The van der Waals surface area contributed by atoms with Crippen LogP contribution in [0.1, 0.15) is 116 Å². The van der Waals surface area contributed by atoms with Crippen LogP contribution in [0.2, 0.25) is 0 Å². The molecular weight excluding hydrogens is 677 g/mol. The third-order valence-corrected chi connectivity index (χ3v) is 9.32. The minimum atomic E-state index is -0.678. The number of carbonyl (C=O) groups excluding carboxylic acids is 4. The number of nitrogens with zero attached hydrogens (tertiary/aromatic N) is 3. The van der Waals surface area contributed by atoms with E-state index >= 15 is 0 Å². The first kappa shape index (κ1) is 41.3. The van der Waals surface area contributed by atoms with Crippen LogP contribution in [0.15, 0.2) is 42.7 Å². The summed E-state index contributed by atoms with van der Waals surface area (Å²) in [6.07, 6.45) is 7.38. The molecule has 0 bridgehead atoms. The van der Waals surface area contributed by atoms with Crippen LogP contribution in [-0.4, -0.2) is 89.2 Å². The van der Waals surface area contributed by atoms with Crippen molar-refractivity contribution >= 4 is 23.8 Å². The Hall–Kier alpha value is -4.46. The molecule has 11 heteroatoms. The zero-order valence-corrected chi connectivity index (χ0v) is 32.3. The number of likely N-dealkylation sites (tertiary alicyclic amines) is 2. The highest BCUT2D eigenvalue weighted by Gasteiger charge is 2.32. The smallest absolute Gasteiger partial charge is 0.410 e. The molecule has 3 heterocycles. The van der Waals surface area contributed by atoms with Crippen molar-refractivity contribution in [1.29, 1.82) is 0 Å². The standard InChI is InChI=1S/C42H56FN3O7/c1-41(2,3)52-39(49)26-34(35-24-32(27-44-28-35)10-9-30-11-14-36(15-12-30)51-23-19-43)25-37(47)33-8-7-20-46(29-33)38(48)16-13-31-17-21-45(22-18-31)40(50)53-42(4,5)6/h11-12,14-15,24,27-28,31,33-34H,7-8,13,16-23,25-26,29H2,1-6H3/t33-,34+/m1/s1. The molecule has 0 saturated carbocycles. The summed E-state index contributed by atoms with van der Waals surface area (Å²) in [5, 5.41) is 0. The first-order valence-electron chi connectivity index (χ1n) is 18.8. The summed E-state index contributed by atoms with van der Waals surface area (Å²) in [7, 11) is 0. The normalized spacial score (nSPS) is 17.3. The highest BCUT2D eigenvalue weighted by Crippen LogP contribution is 2.30. The minimum Gasteiger partial charge on any atom is -0.491 e. The largest absolute Gasteiger partial charge is 0.491 e. The number of ketones is 1. The quantitative estimate of drug-likeness (QED) is 0.165. The van der Waals surface area contributed by atoms with Crippen LogP contribution in [-0.2, 0) is 23.9 Å². The van der Waals surface area contributed by atoms with E-state index in [9.17, 15) is 23.6 Å². The fourth-order valence-corrected chi connectivity index (χ4v) is 6.67. The Morgan fingerprint density at radius 1 is 0.868 bits per heavy atom. The summed E-state index contributed by atoms with van der Waals surface area (Å²) in [5.74, 6) is 6.00. The number of carbonyl (C=O) groups is 4. The molecular formula is C42H56FN3O7. The molecule has 0 N–H and O–H groups in total. The van der Waals surface area contributed by atoms with Crippen LogP contribution >= 0.6 is 0 Å². The van der Waals surface area contributed by atoms with E-state index in [1.54, 1.807) is 41.6 Å². The number of rotatable bonds is 12. The molecule has 2 amide bonds. The van der Waals surface area contributed by atoms with Gasteiger partial charge in [-0.2, -0.15) is 0 Å². The lowest BCUT2D eigenvalue weighted by Gasteiger charge is -2.35. The Morgan fingerprint density at radius 2 is 1.55 bits per heavy atom. The number of aromatic nitrogens is 1. The van der Waals surface area contributed by atoms with Crippen molar-refractivity contribution in [1.82, 2.24) is 14.8 Å². The van der Waals surface area contributed by atoms with Crippen LogP contribution in [0, 0.1) is 23.7 Å². The van der Waals surface area contributed by atoms with Gasteiger partial charge in [-0.3, -0.25) is 19.4 Å². The number of piperidine rings is 2.